The fourth-order valence-electron chi connectivity index (χ4n) is 2.12. The van der Waals surface area contributed by atoms with Crippen molar-refractivity contribution in [2.75, 3.05) is 6.61 Å². The molecule has 18 heavy (non-hydrogen) atoms. The Bertz CT molecular complexity index is 293. The molecule has 1 radical (unpaired) electrons. The zero-order chi connectivity index (χ0) is 13.1. The SMILES string of the molecule is Cc1ccc([CH]CCCCCCCCCCO)s1. The molecule has 0 aliphatic carbocycles. The van der Waals surface area contributed by atoms with Crippen LogP contribution in [0.2, 0.25) is 0 Å². The van der Waals surface area contributed by atoms with Gasteiger partial charge in [0.1, 0.15) is 0 Å². The van der Waals surface area contributed by atoms with Gasteiger partial charge in [0.2, 0.25) is 0 Å². The highest BCUT2D eigenvalue weighted by Crippen LogP contribution is 2.19. The monoisotopic (exact) mass is 267 g/mol. The van der Waals surface area contributed by atoms with Gasteiger partial charge in [-0.25, -0.2) is 0 Å². The van der Waals surface area contributed by atoms with Gasteiger partial charge in [-0.2, -0.15) is 0 Å². The van der Waals surface area contributed by atoms with E-state index in [0.717, 1.165) is 6.42 Å². The summed E-state index contributed by atoms with van der Waals surface area (Å²) in [5, 5.41) is 8.66. The lowest BCUT2D eigenvalue weighted by atomic mass is 10.1. The molecule has 1 N–H and O–H groups in total. The molecule has 0 saturated carbocycles. The Kier molecular flexibility index (Phi) is 9.23. The van der Waals surface area contributed by atoms with Crippen LogP contribution < -0.4 is 0 Å². The summed E-state index contributed by atoms with van der Waals surface area (Å²) in [6.45, 7) is 2.52. The number of hydrogen-bond donors (Lipinski definition) is 1. The lowest BCUT2D eigenvalue weighted by Crippen LogP contribution is -1.84. The van der Waals surface area contributed by atoms with Crippen molar-refractivity contribution in [3.8, 4) is 0 Å². The van der Waals surface area contributed by atoms with Gasteiger partial charge in [0.25, 0.3) is 0 Å². The Balaban J connectivity index is 1.81. The minimum Gasteiger partial charge on any atom is -0.396 e. The quantitative estimate of drug-likeness (QED) is 0.552. The van der Waals surface area contributed by atoms with Gasteiger partial charge in [-0.1, -0.05) is 44.9 Å². The Morgan fingerprint density at radius 2 is 1.56 bits per heavy atom. The van der Waals surface area contributed by atoms with Crippen LogP contribution in [0.4, 0.5) is 0 Å². The van der Waals surface area contributed by atoms with Crippen LogP contribution >= 0.6 is 11.3 Å². The van der Waals surface area contributed by atoms with Crippen LogP contribution in [0.5, 0.6) is 0 Å². The molecule has 1 rings (SSSR count). The molecule has 0 amide bonds. The standard InChI is InChI=1S/C16H27OS/c1-15-12-13-16(18-15)11-9-7-5-3-2-4-6-8-10-14-17/h11-13,17H,2-10,14H2,1H3. The van der Waals surface area contributed by atoms with Crippen molar-refractivity contribution in [2.24, 2.45) is 0 Å². The second-order valence-corrected chi connectivity index (χ2v) is 6.31. The molecular formula is C16H27OS. The molecule has 0 spiro atoms. The number of aryl methyl sites for hydroxylation is 1. The minimum atomic E-state index is 0.359. The van der Waals surface area contributed by atoms with Crippen molar-refractivity contribution in [3.05, 3.63) is 28.3 Å². The Hall–Kier alpha value is -0.340. The second-order valence-electron chi connectivity index (χ2n) is 4.99. The summed E-state index contributed by atoms with van der Waals surface area (Å²) >= 11 is 1.89. The molecule has 0 fully saturated rings. The predicted molar refractivity (Wildman–Crippen MR) is 81.1 cm³/mol. The van der Waals surface area contributed by atoms with Crippen LogP contribution in [0, 0.1) is 13.3 Å². The van der Waals surface area contributed by atoms with E-state index < -0.39 is 0 Å². The van der Waals surface area contributed by atoms with Crippen LogP contribution in [-0.2, 0) is 0 Å². The van der Waals surface area contributed by atoms with E-state index in [0.29, 0.717) is 6.61 Å². The third-order valence-electron chi connectivity index (χ3n) is 3.22. The molecule has 1 aromatic rings. The maximum atomic E-state index is 8.66. The van der Waals surface area contributed by atoms with Crippen LogP contribution in [-0.4, -0.2) is 11.7 Å². The summed E-state index contributed by atoms with van der Waals surface area (Å²) in [5.41, 5.74) is 0. The van der Waals surface area contributed by atoms with Gasteiger partial charge in [0.05, 0.1) is 0 Å². The largest absolute Gasteiger partial charge is 0.396 e. The van der Waals surface area contributed by atoms with Crippen LogP contribution in [0.1, 0.15) is 67.5 Å². The fourth-order valence-corrected chi connectivity index (χ4v) is 2.97. The molecule has 1 aromatic heterocycles. The van der Waals surface area contributed by atoms with E-state index in [9.17, 15) is 0 Å². The summed E-state index contributed by atoms with van der Waals surface area (Å²) in [5.74, 6) is 0. The topological polar surface area (TPSA) is 20.2 Å². The van der Waals surface area contributed by atoms with Crippen molar-refractivity contribution in [2.45, 2.75) is 64.7 Å². The predicted octanol–water partition coefficient (Wildman–Crippen LogP) is 5.11. The molecule has 103 valence electrons. The average molecular weight is 267 g/mol. The summed E-state index contributed by atoms with van der Waals surface area (Å²) in [4.78, 5) is 2.83. The number of unbranched alkanes of at least 4 members (excludes halogenated alkanes) is 8. The first-order valence-corrected chi connectivity index (χ1v) is 8.15. The minimum absolute atomic E-state index is 0.359. The van der Waals surface area contributed by atoms with Gasteiger partial charge < -0.3 is 5.11 Å². The normalized spacial score (nSPS) is 11.0. The van der Waals surface area contributed by atoms with Crippen LogP contribution in [0.3, 0.4) is 0 Å². The van der Waals surface area contributed by atoms with E-state index >= 15 is 0 Å². The molecule has 0 aromatic carbocycles. The number of aliphatic hydroxyl groups excluding tert-OH is 1. The van der Waals surface area contributed by atoms with E-state index in [1.165, 1.54) is 61.1 Å². The van der Waals surface area contributed by atoms with Gasteiger partial charge in [-0.05, 0) is 31.9 Å². The Morgan fingerprint density at radius 1 is 0.944 bits per heavy atom. The van der Waals surface area contributed by atoms with Crippen molar-refractivity contribution in [3.63, 3.8) is 0 Å². The van der Waals surface area contributed by atoms with E-state index in [4.69, 9.17) is 5.11 Å². The highest BCUT2D eigenvalue weighted by molar-refractivity contribution is 7.12. The molecule has 1 nitrogen and oxygen atoms in total. The van der Waals surface area contributed by atoms with Crippen molar-refractivity contribution in [1.29, 1.82) is 0 Å². The smallest absolute Gasteiger partial charge is 0.0431 e. The zero-order valence-electron chi connectivity index (χ0n) is 11.7. The van der Waals surface area contributed by atoms with Crippen LogP contribution in [0.15, 0.2) is 12.1 Å². The van der Waals surface area contributed by atoms with Crippen LogP contribution in [0.25, 0.3) is 0 Å². The first-order valence-electron chi connectivity index (χ1n) is 7.33. The lowest BCUT2D eigenvalue weighted by molar-refractivity contribution is 0.282. The highest BCUT2D eigenvalue weighted by atomic mass is 32.1. The van der Waals surface area contributed by atoms with E-state index in [-0.39, 0.29) is 0 Å². The molecular weight excluding hydrogens is 240 g/mol. The third-order valence-corrected chi connectivity index (χ3v) is 4.22. The number of thiophene rings is 1. The van der Waals surface area contributed by atoms with Crippen molar-refractivity contribution in [1.82, 2.24) is 0 Å². The Labute approximate surface area is 116 Å². The fraction of sp³-hybridized carbons (Fsp3) is 0.688. The zero-order valence-corrected chi connectivity index (χ0v) is 12.5. The maximum Gasteiger partial charge on any atom is 0.0431 e. The molecule has 0 saturated heterocycles. The van der Waals surface area contributed by atoms with Gasteiger partial charge in [0.15, 0.2) is 0 Å². The van der Waals surface area contributed by atoms with Gasteiger partial charge in [-0.3, -0.25) is 0 Å². The molecule has 0 aliphatic rings. The van der Waals surface area contributed by atoms with Gasteiger partial charge in [-0.15, -0.1) is 11.3 Å². The van der Waals surface area contributed by atoms with Gasteiger partial charge >= 0.3 is 0 Å². The van der Waals surface area contributed by atoms with Crippen molar-refractivity contribution < 1.29 is 5.11 Å². The summed E-state index contributed by atoms with van der Waals surface area (Å²) in [6.07, 6.45) is 13.8. The first kappa shape index (κ1) is 15.7. The average Bonchev–Trinajstić information content (AvgIpc) is 2.77. The van der Waals surface area contributed by atoms with E-state index in [2.05, 4.69) is 25.5 Å². The third kappa shape index (κ3) is 7.88. The summed E-state index contributed by atoms with van der Waals surface area (Å²) in [6, 6.07) is 4.42. The first-order chi connectivity index (χ1) is 8.83. The van der Waals surface area contributed by atoms with E-state index in [1.807, 2.05) is 11.3 Å². The Morgan fingerprint density at radius 3 is 2.11 bits per heavy atom. The second kappa shape index (κ2) is 10.6. The maximum absolute atomic E-state index is 8.66. The number of aliphatic hydroxyl groups is 1. The van der Waals surface area contributed by atoms with Gasteiger partial charge in [0, 0.05) is 22.8 Å². The molecule has 0 atom stereocenters. The summed E-state index contributed by atoms with van der Waals surface area (Å²) in [7, 11) is 0. The number of rotatable bonds is 11. The molecule has 2 heteroatoms. The highest BCUT2D eigenvalue weighted by Gasteiger charge is 1.97. The van der Waals surface area contributed by atoms with E-state index in [1.54, 1.807) is 0 Å². The molecule has 0 aliphatic heterocycles. The lowest BCUT2D eigenvalue weighted by Gasteiger charge is -2.01. The molecule has 0 bridgehead atoms. The molecule has 0 unspecified atom stereocenters. The summed E-state index contributed by atoms with van der Waals surface area (Å²) < 4.78 is 0. The molecule has 1 heterocycles. The number of hydrogen-bond acceptors (Lipinski definition) is 2. The van der Waals surface area contributed by atoms with Crippen molar-refractivity contribution >= 4 is 11.3 Å².